The van der Waals surface area contributed by atoms with Gasteiger partial charge in [0.1, 0.15) is 6.10 Å². The first-order valence-electron chi connectivity index (χ1n) is 6.15. The predicted molar refractivity (Wildman–Crippen MR) is 75.3 cm³/mol. The molecule has 0 aliphatic rings. The number of halogens is 1. The Bertz CT molecular complexity index is 394. The van der Waals surface area contributed by atoms with Crippen LogP contribution in [0.4, 0.5) is 0 Å². The molecule has 0 heterocycles. The van der Waals surface area contributed by atoms with Crippen molar-refractivity contribution in [1.29, 1.82) is 0 Å². The van der Waals surface area contributed by atoms with Gasteiger partial charge in [-0.2, -0.15) is 0 Å². The summed E-state index contributed by atoms with van der Waals surface area (Å²) in [5, 5.41) is 3.58. The lowest BCUT2D eigenvalue weighted by atomic mass is 10.0. The molecule has 0 radical (unpaired) electrons. The molecule has 0 aromatic heterocycles. The van der Waals surface area contributed by atoms with E-state index in [9.17, 15) is 4.79 Å². The van der Waals surface area contributed by atoms with Gasteiger partial charge < -0.3 is 14.8 Å². The predicted octanol–water partition coefficient (Wildman–Crippen LogP) is 2.57. The Morgan fingerprint density at radius 3 is 2.47 bits per heavy atom. The van der Waals surface area contributed by atoms with E-state index in [1.165, 1.54) is 0 Å². The number of nitrogens with one attached hydrogen (secondary N) is 1. The van der Waals surface area contributed by atoms with Gasteiger partial charge in [0.2, 0.25) is 5.91 Å². The molecule has 0 unspecified atom stereocenters. The van der Waals surface area contributed by atoms with Gasteiger partial charge in [-0.3, -0.25) is 4.79 Å². The van der Waals surface area contributed by atoms with Crippen LogP contribution in [0.25, 0.3) is 0 Å². The van der Waals surface area contributed by atoms with Crippen LogP contribution in [0.2, 0.25) is 5.02 Å². The molecule has 0 aliphatic carbocycles. The van der Waals surface area contributed by atoms with Crippen molar-refractivity contribution in [2.75, 3.05) is 20.8 Å². The molecule has 0 saturated carbocycles. The van der Waals surface area contributed by atoms with E-state index in [4.69, 9.17) is 21.1 Å². The molecule has 1 aromatic rings. The summed E-state index contributed by atoms with van der Waals surface area (Å²) < 4.78 is 10.3. The molecule has 0 fully saturated rings. The van der Waals surface area contributed by atoms with Crippen molar-refractivity contribution in [1.82, 2.24) is 5.32 Å². The lowest BCUT2D eigenvalue weighted by Gasteiger charge is -2.24. The lowest BCUT2D eigenvalue weighted by Crippen LogP contribution is -2.38. The summed E-state index contributed by atoms with van der Waals surface area (Å²) in [4.78, 5) is 11.7. The zero-order chi connectivity index (χ0) is 14.3. The molecule has 4 nitrogen and oxygen atoms in total. The molecule has 1 N–H and O–H groups in total. The molecule has 2 atom stereocenters. The third-order valence-corrected chi connectivity index (χ3v) is 3.08. The number of benzene rings is 1. The van der Waals surface area contributed by atoms with Crippen molar-refractivity contribution in [2.24, 2.45) is 0 Å². The van der Waals surface area contributed by atoms with Gasteiger partial charge in [0.05, 0.1) is 12.6 Å². The first-order chi connectivity index (χ1) is 9.08. The second-order valence-electron chi connectivity index (χ2n) is 4.31. The highest BCUT2D eigenvalue weighted by Gasteiger charge is 2.20. The van der Waals surface area contributed by atoms with Crippen LogP contribution in [0.5, 0.6) is 0 Å². The van der Waals surface area contributed by atoms with Crippen LogP contribution in [-0.2, 0) is 14.3 Å². The minimum Gasteiger partial charge on any atom is -0.384 e. The molecule has 1 aromatic carbocycles. The van der Waals surface area contributed by atoms with Crippen molar-refractivity contribution >= 4 is 17.5 Å². The number of amides is 1. The number of carbonyl (C=O) groups excluding carboxylic acids is 1. The molecule has 0 bridgehead atoms. The fourth-order valence-corrected chi connectivity index (χ4v) is 2.00. The number of carbonyl (C=O) groups is 1. The molecule has 5 heteroatoms. The Morgan fingerprint density at radius 2 is 1.95 bits per heavy atom. The summed E-state index contributed by atoms with van der Waals surface area (Å²) in [6.45, 7) is 2.32. The Kier molecular flexibility index (Phi) is 6.84. The van der Waals surface area contributed by atoms with E-state index >= 15 is 0 Å². The summed E-state index contributed by atoms with van der Waals surface area (Å²) in [7, 11) is 3.19. The van der Waals surface area contributed by atoms with Crippen LogP contribution in [-0.4, -0.2) is 32.8 Å². The van der Waals surface area contributed by atoms with Crippen molar-refractivity contribution in [3.05, 3.63) is 34.9 Å². The minimum atomic E-state index is -0.205. The average Bonchev–Trinajstić information content (AvgIpc) is 2.39. The maximum absolute atomic E-state index is 11.7. The van der Waals surface area contributed by atoms with Gasteiger partial charge in [-0.05, 0) is 24.6 Å². The first-order valence-corrected chi connectivity index (χ1v) is 6.52. The van der Waals surface area contributed by atoms with Crippen LogP contribution in [0, 0.1) is 0 Å². The Hall–Kier alpha value is -1.10. The fourth-order valence-electron chi connectivity index (χ4n) is 1.88. The van der Waals surface area contributed by atoms with Crippen LogP contribution >= 0.6 is 11.6 Å². The molecule has 19 heavy (non-hydrogen) atoms. The van der Waals surface area contributed by atoms with Crippen LogP contribution in [0.1, 0.15) is 25.0 Å². The second-order valence-corrected chi connectivity index (χ2v) is 4.74. The molecular formula is C14H20ClNO3. The maximum Gasteiger partial charge on any atom is 0.222 e. The SMILES string of the molecule is COCCC(=O)N[C@H](C)[C@@H](OC)c1ccc(Cl)cc1. The molecule has 0 saturated heterocycles. The van der Waals surface area contributed by atoms with Gasteiger partial charge in [0.15, 0.2) is 0 Å². The summed E-state index contributed by atoms with van der Waals surface area (Å²) in [6, 6.07) is 7.28. The van der Waals surface area contributed by atoms with Crippen molar-refractivity contribution in [2.45, 2.75) is 25.5 Å². The normalized spacial score (nSPS) is 13.9. The van der Waals surface area contributed by atoms with Gasteiger partial charge in [0, 0.05) is 25.7 Å². The number of methoxy groups -OCH3 is 2. The van der Waals surface area contributed by atoms with Gasteiger partial charge in [-0.1, -0.05) is 23.7 Å². The second kappa shape index (κ2) is 8.15. The summed E-state index contributed by atoms with van der Waals surface area (Å²) in [6.07, 6.45) is 0.140. The maximum atomic E-state index is 11.7. The van der Waals surface area contributed by atoms with E-state index in [1.807, 2.05) is 31.2 Å². The molecular weight excluding hydrogens is 266 g/mol. The van der Waals surface area contributed by atoms with Crippen molar-refractivity contribution in [3.63, 3.8) is 0 Å². The molecule has 1 amide bonds. The van der Waals surface area contributed by atoms with E-state index in [0.29, 0.717) is 18.1 Å². The number of hydrogen-bond donors (Lipinski definition) is 1. The first kappa shape index (κ1) is 16.0. The standard InChI is InChI=1S/C14H20ClNO3/c1-10(16-13(17)8-9-18-2)14(19-3)11-4-6-12(15)7-5-11/h4-7,10,14H,8-9H2,1-3H3,(H,16,17)/t10-,14-/m1/s1. The van der Waals surface area contributed by atoms with Crippen molar-refractivity contribution in [3.8, 4) is 0 Å². The zero-order valence-corrected chi connectivity index (χ0v) is 12.2. The van der Waals surface area contributed by atoms with E-state index in [0.717, 1.165) is 5.56 Å². The van der Waals surface area contributed by atoms with Gasteiger partial charge in [-0.15, -0.1) is 0 Å². The monoisotopic (exact) mass is 285 g/mol. The smallest absolute Gasteiger partial charge is 0.222 e. The number of ether oxygens (including phenoxy) is 2. The number of rotatable bonds is 7. The van der Waals surface area contributed by atoms with E-state index in [2.05, 4.69) is 5.32 Å². The summed E-state index contributed by atoms with van der Waals surface area (Å²) in [5.41, 5.74) is 0.978. The van der Waals surface area contributed by atoms with Gasteiger partial charge in [0.25, 0.3) is 0 Å². The third-order valence-electron chi connectivity index (χ3n) is 2.83. The largest absolute Gasteiger partial charge is 0.384 e. The summed E-state index contributed by atoms with van der Waals surface area (Å²) in [5.74, 6) is -0.0506. The van der Waals surface area contributed by atoms with Gasteiger partial charge >= 0.3 is 0 Å². The molecule has 0 aliphatic heterocycles. The molecule has 106 valence electrons. The van der Waals surface area contributed by atoms with Crippen LogP contribution < -0.4 is 5.32 Å². The van der Waals surface area contributed by atoms with Gasteiger partial charge in [-0.25, -0.2) is 0 Å². The topological polar surface area (TPSA) is 47.6 Å². The summed E-state index contributed by atoms with van der Waals surface area (Å²) >= 11 is 5.86. The third kappa shape index (κ3) is 5.19. The minimum absolute atomic E-state index is 0.0506. The zero-order valence-electron chi connectivity index (χ0n) is 11.5. The van der Waals surface area contributed by atoms with Crippen LogP contribution in [0.15, 0.2) is 24.3 Å². The molecule has 0 spiro atoms. The quantitative estimate of drug-likeness (QED) is 0.837. The highest BCUT2D eigenvalue weighted by atomic mass is 35.5. The highest BCUT2D eigenvalue weighted by molar-refractivity contribution is 6.30. The highest BCUT2D eigenvalue weighted by Crippen LogP contribution is 2.22. The van der Waals surface area contributed by atoms with E-state index in [1.54, 1.807) is 14.2 Å². The van der Waals surface area contributed by atoms with E-state index < -0.39 is 0 Å². The lowest BCUT2D eigenvalue weighted by molar-refractivity contribution is -0.123. The number of hydrogen-bond acceptors (Lipinski definition) is 3. The Balaban J connectivity index is 2.63. The Labute approximate surface area is 119 Å². The Morgan fingerprint density at radius 1 is 1.32 bits per heavy atom. The molecule has 1 rings (SSSR count). The average molecular weight is 286 g/mol. The van der Waals surface area contributed by atoms with Crippen LogP contribution in [0.3, 0.4) is 0 Å². The van der Waals surface area contributed by atoms with Crippen molar-refractivity contribution < 1.29 is 14.3 Å². The van der Waals surface area contributed by atoms with E-state index in [-0.39, 0.29) is 18.1 Å². The fraction of sp³-hybridized carbons (Fsp3) is 0.500.